The molecule has 20 heavy (non-hydrogen) atoms. The lowest BCUT2D eigenvalue weighted by atomic mass is 9.95. The van der Waals surface area contributed by atoms with Crippen LogP contribution >= 0.6 is 0 Å². The van der Waals surface area contributed by atoms with Gasteiger partial charge in [-0.25, -0.2) is 0 Å². The van der Waals surface area contributed by atoms with E-state index in [0.717, 1.165) is 5.69 Å². The first-order valence-corrected chi connectivity index (χ1v) is 6.75. The van der Waals surface area contributed by atoms with Crippen molar-refractivity contribution in [1.29, 1.82) is 0 Å². The van der Waals surface area contributed by atoms with Gasteiger partial charge in [-0.05, 0) is 25.7 Å². The van der Waals surface area contributed by atoms with Gasteiger partial charge in [-0.15, -0.1) is 0 Å². The maximum absolute atomic E-state index is 12.1. The van der Waals surface area contributed by atoms with Crippen molar-refractivity contribution in [3.63, 3.8) is 0 Å². The molecule has 1 amide bonds. The summed E-state index contributed by atoms with van der Waals surface area (Å²) in [6, 6.07) is 0. The third-order valence-corrected chi connectivity index (χ3v) is 3.73. The van der Waals surface area contributed by atoms with Gasteiger partial charge in [0.15, 0.2) is 0 Å². The summed E-state index contributed by atoms with van der Waals surface area (Å²) in [6.07, 6.45) is 4.45. The van der Waals surface area contributed by atoms with Gasteiger partial charge in [-0.2, -0.15) is 0 Å². The Labute approximate surface area is 117 Å². The summed E-state index contributed by atoms with van der Waals surface area (Å²) < 4.78 is 0. The van der Waals surface area contributed by atoms with Gasteiger partial charge < -0.3 is 10.4 Å². The number of amides is 1. The Hall–Kier alpha value is -1.98. The molecule has 0 bridgehead atoms. The molecule has 2 rings (SSSR count). The summed E-state index contributed by atoms with van der Waals surface area (Å²) in [6.45, 7) is 4.10. The Kier molecular flexibility index (Phi) is 4.32. The van der Waals surface area contributed by atoms with E-state index in [9.17, 15) is 9.59 Å². The fourth-order valence-electron chi connectivity index (χ4n) is 2.67. The van der Waals surface area contributed by atoms with E-state index in [2.05, 4.69) is 15.3 Å². The van der Waals surface area contributed by atoms with Gasteiger partial charge in [-0.1, -0.05) is 6.92 Å². The topological polar surface area (TPSA) is 92.2 Å². The molecule has 1 heterocycles. The highest BCUT2D eigenvalue weighted by atomic mass is 16.4. The predicted molar refractivity (Wildman–Crippen MR) is 71.6 cm³/mol. The Bertz CT molecular complexity index is 501. The monoisotopic (exact) mass is 277 g/mol. The lowest BCUT2D eigenvalue weighted by molar-refractivity contribution is -0.146. The number of carboxylic acids is 1. The number of aliphatic carboxylic acids is 1. The molecule has 6 heteroatoms. The standard InChI is InChI=1S/C14H19N3O3/c1-8-3-11(12(4-8)14(19)20)13(18)17-7-10-6-15-9(2)5-16-10/h5-6,8,11-12H,3-4,7H2,1-2H3,(H,17,18)(H,19,20)/t8?,11-,12+/m0/s1. The second-order valence-electron chi connectivity index (χ2n) is 5.49. The van der Waals surface area contributed by atoms with Gasteiger partial charge in [0, 0.05) is 6.20 Å². The Morgan fingerprint density at radius 1 is 1.30 bits per heavy atom. The van der Waals surface area contributed by atoms with Crippen LogP contribution in [0.4, 0.5) is 0 Å². The molecule has 0 spiro atoms. The minimum atomic E-state index is -0.885. The average Bonchev–Trinajstić information content (AvgIpc) is 2.80. The van der Waals surface area contributed by atoms with E-state index >= 15 is 0 Å². The van der Waals surface area contributed by atoms with E-state index in [-0.39, 0.29) is 18.4 Å². The molecule has 0 saturated heterocycles. The molecule has 1 fully saturated rings. The van der Waals surface area contributed by atoms with Crippen LogP contribution in [-0.2, 0) is 16.1 Å². The van der Waals surface area contributed by atoms with Crippen LogP contribution < -0.4 is 5.32 Å². The van der Waals surface area contributed by atoms with E-state index in [0.29, 0.717) is 18.5 Å². The fraction of sp³-hybridized carbons (Fsp3) is 0.571. The second kappa shape index (κ2) is 5.98. The first kappa shape index (κ1) is 14.4. The van der Waals surface area contributed by atoms with E-state index < -0.39 is 17.8 Å². The molecule has 2 N–H and O–H groups in total. The Morgan fingerprint density at radius 2 is 2.00 bits per heavy atom. The van der Waals surface area contributed by atoms with Crippen LogP contribution in [0.15, 0.2) is 12.4 Å². The molecule has 0 aliphatic heterocycles. The number of nitrogens with zero attached hydrogens (tertiary/aromatic N) is 2. The van der Waals surface area contributed by atoms with Crippen LogP contribution in [0.5, 0.6) is 0 Å². The summed E-state index contributed by atoms with van der Waals surface area (Å²) in [5.41, 5.74) is 1.48. The van der Waals surface area contributed by atoms with Crippen LogP contribution in [-0.4, -0.2) is 27.0 Å². The molecular weight excluding hydrogens is 258 g/mol. The zero-order chi connectivity index (χ0) is 14.7. The van der Waals surface area contributed by atoms with Crippen LogP contribution in [0, 0.1) is 24.7 Å². The lowest BCUT2D eigenvalue weighted by Crippen LogP contribution is -2.35. The zero-order valence-electron chi connectivity index (χ0n) is 11.7. The normalized spacial score (nSPS) is 25.4. The minimum Gasteiger partial charge on any atom is -0.481 e. The summed E-state index contributed by atoms with van der Waals surface area (Å²) in [5, 5.41) is 11.9. The smallest absolute Gasteiger partial charge is 0.307 e. The Morgan fingerprint density at radius 3 is 2.60 bits per heavy atom. The number of carboxylic acid groups (broad SMARTS) is 1. The van der Waals surface area contributed by atoms with E-state index in [1.165, 1.54) is 0 Å². The summed E-state index contributed by atoms with van der Waals surface area (Å²) in [7, 11) is 0. The largest absolute Gasteiger partial charge is 0.481 e. The molecule has 1 unspecified atom stereocenters. The van der Waals surface area contributed by atoms with Crippen LogP contribution in [0.1, 0.15) is 31.2 Å². The molecule has 1 aliphatic rings. The number of carbonyl (C=O) groups excluding carboxylic acids is 1. The van der Waals surface area contributed by atoms with Crippen molar-refractivity contribution in [2.75, 3.05) is 0 Å². The van der Waals surface area contributed by atoms with Crippen molar-refractivity contribution in [1.82, 2.24) is 15.3 Å². The molecule has 6 nitrogen and oxygen atoms in total. The van der Waals surface area contributed by atoms with Crippen molar-refractivity contribution in [3.05, 3.63) is 23.8 Å². The highest BCUT2D eigenvalue weighted by Gasteiger charge is 2.40. The molecule has 1 aromatic rings. The number of nitrogens with one attached hydrogen (secondary N) is 1. The maximum atomic E-state index is 12.1. The first-order valence-electron chi connectivity index (χ1n) is 6.75. The number of aryl methyl sites for hydroxylation is 1. The van der Waals surface area contributed by atoms with Gasteiger partial charge in [0.25, 0.3) is 0 Å². The fourth-order valence-corrected chi connectivity index (χ4v) is 2.67. The maximum Gasteiger partial charge on any atom is 0.307 e. The molecule has 108 valence electrons. The number of carbonyl (C=O) groups is 2. The lowest BCUT2D eigenvalue weighted by Gasteiger charge is -2.15. The zero-order valence-corrected chi connectivity index (χ0v) is 11.7. The molecule has 3 atom stereocenters. The van der Waals surface area contributed by atoms with Gasteiger partial charge in [0.2, 0.25) is 5.91 Å². The summed E-state index contributed by atoms with van der Waals surface area (Å²) in [5.74, 6) is -1.84. The number of aromatic nitrogens is 2. The Balaban J connectivity index is 1.94. The third kappa shape index (κ3) is 3.31. The molecule has 0 radical (unpaired) electrons. The van der Waals surface area contributed by atoms with Gasteiger partial charge in [0.05, 0.1) is 36.0 Å². The molecule has 0 aromatic carbocycles. The highest BCUT2D eigenvalue weighted by Crippen LogP contribution is 2.36. The van der Waals surface area contributed by atoms with Crippen LogP contribution in [0.3, 0.4) is 0 Å². The first-order chi connectivity index (χ1) is 9.47. The van der Waals surface area contributed by atoms with Crippen molar-refractivity contribution in [2.45, 2.75) is 33.2 Å². The molecule has 1 aromatic heterocycles. The van der Waals surface area contributed by atoms with E-state index in [4.69, 9.17) is 5.11 Å². The second-order valence-corrected chi connectivity index (χ2v) is 5.49. The summed E-state index contributed by atoms with van der Waals surface area (Å²) >= 11 is 0. The number of rotatable bonds is 4. The van der Waals surface area contributed by atoms with Crippen molar-refractivity contribution < 1.29 is 14.7 Å². The average molecular weight is 277 g/mol. The number of hydrogen-bond acceptors (Lipinski definition) is 4. The van der Waals surface area contributed by atoms with E-state index in [1.807, 2.05) is 13.8 Å². The molecule has 1 saturated carbocycles. The van der Waals surface area contributed by atoms with E-state index in [1.54, 1.807) is 12.4 Å². The van der Waals surface area contributed by atoms with Gasteiger partial charge in [0.1, 0.15) is 0 Å². The van der Waals surface area contributed by atoms with Crippen molar-refractivity contribution in [2.24, 2.45) is 17.8 Å². The SMILES string of the molecule is Cc1cnc(CNC(=O)[C@H]2CC(C)C[C@H]2C(=O)O)cn1. The van der Waals surface area contributed by atoms with Crippen molar-refractivity contribution >= 4 is 11.9 Å². The minimum absolute atomic E-state index is 0.205. The molecule has 1 aliphatic carbocycles. The summed E-state index contributed by atoms with van der Waals surface area (Å²) in [4.78, 5) is 31.5. The molecular formula is C14H19N3O3. The van der Waals surface area contributed by atoms with Crippen molar-refractivity contribution in [3.8, 4) is 0 Å². The highest BCUT2D eigenvalue weighted by molar-refractivity contribution is 5.85. The van der Waals surface area contributed by atoms with Crippen LogP contribution in [0.2, 0.25) is 0 Å². The van der Waals surface area contributed by atoms with Gasteiger partial charge >= 0.3 is 5.97 Å². The van der Waals surface area contributed by atoms with Gasteiger partial charge in [-0.3, -0.25) is 19.6 Å². The predicted octanol–water partition coefficient (Wildman–Crippen LogP) is 1.15. The third-order valence-electron chi connectivity index (χ3n) is 3.73. The van der Waals surface area contributed by atoms with Crippen LogP contribution in [0.25, 0.3) is 0 Å². The number of hydrogen-bond donors (Lipinski definition) is 2. The quantitative estimate of drug-likeness (QED) is 0.861.